The number of aromatic nitrogens is 2. The average Bonchev–Trinajstić information content (AvgIpc) is 2.77. The van der Waals surface area contributed by atoms with Gasteiger partial charge in [-0.25, -0.2) is 9.18 Å². The SMILES string of the molecule is Cn1nccc1CCOc1c(F)cccc1C(=O)O. The van der Waals surface area contributed by atoms with Crippen LogP contribution in [0.1, 0.15) is 16.1 Å². The molecule has 0 radical (unpaired) electrons. The predicted octanol–water partition coefficient (Wildman–Crippen LogP) is 1.88. The zero-order valence-corrected chi connectivity index (χ0v) is 10.3. The molecule has 0 aliphatic heterocycles. The molecule has 0 aliphatic rings. The normalized spacial score (nSPS) is 10.4. The van der Waals surface area contributed by atoms with Gasteiger partial charge in [0.25, 0.3) is 0 Å². The van der Waals surface area contributed by atoms with Crippen molar-refractivity contribution in [1.29, 1.82) is 0 Å². The Morgan fingerprint density at radius 1 is 1.47 bits per heavy atom. The maximum absolute atomic E-state index is 13.5. The van der Waals surface area contributed by atoms with Gasteiger partial charge >= 0.3 is 5.97 Å². The zero-order valence-electron chi connectivity index (χ0n) is 10.3. The highest BCUT2D eigenvalue weighted by Gasteiger charge is 2.15. The summed E-state index contributed by atoms with van der Waals surface area (Å²) >= 11 is 0. The summed E-state index contributed by atoms with van der Waals surface area (Å²) in [5, 5.41) is 13.0. The van der Waals surface area contributed by atoms with Crippen LogP contribution in [-0.4, -0.2) is 27.5 Å². The number of para-hydroxylation sites is 1. The van der Waals surface area contributed by atoms with Crippen LogP contribution in [0.25, 0.3) is 0 Å². The summed E-state index contributed by atoms with van der Waals surface area (Å²) in [7, 11) is 1.79. The second-order valence-electron chi connectivity index (χ2n) is 3.97. The molecule has 0 saturated carbocycles. The van der Waals surface area contributed by atoms with E-state index in [9.17, 15) is 9.18 Å². The number of benzene rings is 1. The second-order valence-corrected chi connectivity index (χ2v) is 3.97. The zero-order chi connectivity index (χ0) is 13.8. The number of hydrogen-bond acceptors (Lipinski definition) is 3. The third-order valence-electron chi connectivity index (χ3n) is 2.72. The minimum absolute atomic E-state index is 0.176. The minimum Gasteiger partial charge on any atom is -0.489 e. The van der Waals surface area contributed by atoms with Crippen molar-refractivity contribution in [2.45, 2.75) is 6.42 Å². The van der Waals surface area contributed by atoms with Crippen molar-refractivity contribution in [3.05, 3.63) is 47.5 Å². The van der Waals surface area contributed by atoms with Gasteiger partial charge in [-0.3, -0.25) is 4.68 Å². The highest BCUT2D eigenvalue weighted by atomic mass is 19.1. The first-order chi connectivity index (χ1) is 9.09. The number of hydrogen-bond donors (Lipinski definition) is 1. The first-order valence-corrected chi connectivity index (χ1v) is 5.71. The largest absolute Gasteiger partial charge is 0.489 e. The van der Waals surface area contributed by atoms with E-state index in [1.165, 1.54) is 18.2 Å². The summed E-state index contributed by atoms with van der Waals surface area (Å²) in [6.45, 7) is 0.181. The van der Waals surface area contributed by atoms with E-state index in [0.717, 1.165) is 5.69 Å². The van der Waals surface area contributed by atoms with E-state index in [4.69, 9.17) is 9.84 Å². The molecule has 0 saturated heterocycles. The van der Waals surface area contributed by atoms with Gasteiger partial charge in [-0.2, -0.15) is 5.10 Å². The van der Waals surface area contributed by atoms with Crippen LogP contribution in [0.3, 0.4) is 0 Å². The predicted molar refractivity (Wildman–Crippen MR) is 65.8 cm³/mol. The molecule has 1 aromatic heterocycles. The summed E-state index contributed by atoms with van der Waals surface area (Å²) in [6, 6.07) is 5.65. The quantitative estimate of drug-likeness (QED) is 0.895. The first-order valence-electron chi connectivity index (χ1n) is 5.71. The number of ether oxygens (including phenoxy) is 1. The molecule has 1 heterocycles. The Morgan fingerprint density at radius 3 is 2.89 bits per heavy atom. The molecule has 6 heteroatoms. The number of carboxylic acid groups (broad SMARTS) is 1. The van der Waals surface area contributed by atoms with Gasteiger partial charge in [-0.1, -0.05) is 6.07 Å². The smallest absolute Gasteiger partial charge is 0.339 e. The van der Waals surface area contributed by atoms with E-state index in [1.54, 1.807) is 17.9 Å². The lowest BCUT2D eigenvalue weighted by Crippen LogP contribution is -2.10. The number of nitrogens with zero attached hydrogens (tertiary/aromatic N) is 2. The number of halogens is 1. The van der Waals surface area contributed by atoms with E-state index in [-0.39, 0.29) is 17.9 Å². The average molecular weight is 264 g/mol. The summed E-state index contributed by atoms with van der Waals surface area (Å²) in [6.07, 6.45) is 2.17. The monoisotopic (exact) mass is 264 g/mol. The topological polar surface area (TPSA) is 64.4 Å². The molecule has 0 bridgehead atoms. The maximum atomic E-state index is 13.5. The van der Waals surface area contributed by atoms with Gasteiger partial charge in [0.1, 0.15) is 5.56 Å². The minimum atomic E-state index is -1.21. The summed E-state index contributed by atoms with van der Waals surface area (Å²) in [5.74, 6) is -2.11. The Kier molecular flexibility index (Phi) is 3.79. The van der Waals surface area contributed by atoms with Crippen LogP contribution in [0.2, 0.25) is 0 Å². The van der Waals surface area contributed by atoms with E-state index in [1.807, 2.05) is 6.07 Å². The van der Waals surface area contributed by atoms with Crippen molar-refractivity contribution in [1.82, 2.24) is 9.78 Å². The molecule has 1 N–H and O–H groups in total. The van der Waals surface area contributed by atoms with Gasteiger partial charge < -0.3 is 9.84 Å². The number of aryl methyl sites for hydroxylation is 1. The standard InChI is InChI=1S/C13H13FN2O3/c1-16-9(5-7-15-16)6-8-19-12-10(13(17)18)3-2-4-11(12)14/h2-5,7H,6,8H2,1H3,(H,17,18). The number of carboxylic acids is 1. The molecule has 100 valence electrons. The molecule has 2 rings (SSSR count). The fraction of sp³-hybridized carbons (Fsp3) is 0.231. The molecule has 2 aromatic rings. The second kappa shape index (κ2) is 5.51. The van der Waals surface area contributed by atoms with Gasteiger partial charge in [-0.15, -0.1) is 0 Å². The summed E-state index contributed by atoms with van der Waals surface area (Å²) in [5.41, 5.74) is 0.748. The molecule has 5 nitrogen and oxygen atoms in total. The van der Waals surface area contributed by atoms with E-state index >= 15 is 0 Å². The Balaban J connectivity index is 2.07. The highest BCUT2D eigenvalue weighted by Crippen LogP contribution is 2.22. The summed E-state index contributed by atoms with van der Waals surface area (Å²) < 4.78 is 20.5. The molecule has 0 aliphatic carbocycles. The van der Waals surface area contributed by atoms with Crippen LogP contribution in [0.5, 0.6) is 5.75 Å². The Morgan fingerprint density at radius 2 is 2.26 bits per heavy atom. The van der Waals surface area contributed by atoms with Gasteiger partial charge in [-0.05, 0) is 18.2 Å². The Labute approximate surface area is 109 Å². The van der Waals surface area contributed by atoms with Crippen LogP contribution in [0.4, 0.5) is 4.39 Å². The Bertz CT molecular complexity index is 595. The van der Waals surface area contributed by atoms with Gasteiger partial charge in [0, 0.05) is 25.4 Å². The van der Waals surface area contributed by atoms with E-state index in [2.05, 4.69) is 5.10 Å². The van der Waals surface area contributed by atoms with Crippen molar-refractivity contribution in [2.24, 2.45) is 7.05 Å². The Hall–Kier alpha value is -2.37. The van der Waals surface area contributed by atoms with Crippen LogP contribution in [0.15, 0.2) is 30.5 Å². The molecule has 0 atom stereocenters. The third kappa shape index (κ3) is 2.90. The van der Waals surface area contributed by atoms with E-state index < -0.39 is 11.8 Å². The molecular weight excluding hydrogens is 251 g/mol. The van der Waals surface area contributed by atoms with Crippen LogP contribution >= 0.6 is 0 Å². The van der Waals surface area contributed by atoms with Crippen molar-refractivity contribution < 1.29 is 19.0 Å². The van der Waals surface area contributed by atoms with Gasteiger partial charge in [0.05, 0.1) is 6.61 Å². The fourth-order valence-corrected chi connectivity index (χ4v) is 1.73. The van der Waals surface area contributed by atoms with Crippen molar-refractivity contribution >= 4 is 5.97 Å². The molecular formula is C13H13FN2O3. The van der Waals surface area contributed by atoms with Gasteiger partial charge in [0.2, 0.25) is 0 Å². The fourth-order valence-electron chi connectivity index (χ4n) is 1.73. The highest BCUT2D eigenvalue weighted by molar-refractivity contribution is 5.90. The number of aromatic carboxylic acids is 1. The number of carbonyl (C=O) groups is 1. The van der Waals surface area contributed by atoms with Crippen LogP contribution in [0, 0.1) is 5.82 Å². The van der Waals surface area contributed by atoms with Gasteiger partial charge in [0.15, 0.2) is 11.6 Å². The maximum Gasteiger partial charge on any atom is 0.339 e. The third-order valence-corrected chi connectivity index (χ3v) is 2.72. The molecule has 19 heavy (non-hydrogen) atoms. The lowest BCUT2D eigenvalue weighted by molar-refractivity contribution is 0.0691. The van der Waals surface area contributed by atoms with Crippen LogP contribution in [-0.2, 0) is 13.5 Å². The number of rotatable bonds is 5. The molecule has 0 fully saturated rings. The van der Waals surface area contributed by atoms with Crippen molar-refractivity contribution in [2.75, 3.05) is 6.61 Å². The van der Waals surface area contributed by atoms with Crippen molar-refractivity contribution in [3.63, 3.8) is 0 Å². The first kappa shape index (κ1) is 13.1. The molecule has 0 unspecified atom stereocenters. The molecule has 0 amide bonds. The summed E-state index contributed by atoms with van der Waals surface area (Å²) in [4.78, 5) is 11.0. The van der Waals surface area contributed by atoms with Crippen LogP contribution < -0.4 is 4.74 Å². The van der Waals surface area contributed by atoms with E-state index in [0.29, 0.717) is 6.42 Å². The lowest BCUT2D eigenvalue weighted by Gasteiger charge is -2.10. The van der Waals surface area contributed by atoms with Crippen molar-refractivity contribution in [3.8, 4) is 5.75 Å². The molecule has 0 spiro atoms. The molecule has 1 aromatic carbocycles. The lowest BCUT2D eigenvalue weighted by atomic mass is 10.2.